The molecule has 0 radical (unpaired) electrons. The third-order valence-corrected chi connectivity index (χ3v) is 3.34. The summed E-state index contributed by atoms with van der Waals surface area (Å²) in [5.74, 6) is -1.64. The van der Waals surface area contributed by atoms with Crippen LogP contribution in [0.1, 0.15) is 30.4 Å². The number of rotatable bonds is 10. The molecule has 0 heterocycles. The van der Waals surface area contributed by atoms with Gasteiger partial charge in [0, 0.05) is 19.5 Å². The molecule has 5 nitrogen and oxygen atoms in total. The third kappa shape index (κ3) is 8.09. The highest BCUT2D eigenvalue weighted by Crippen LogP contribution is 2.06. The van der Waals surface area contributed by atoms with E-state index in [0.717, 1.165) is 13.0 Å². The Hall–Kier alpha value is -1.88. The van der Waals surface area contributed by atoms with E-state index in [2.05, 4.69) is 24.3 Å². The zero-order valence-electron chi connectivity index (χ0n) is 12.4. The van der Waals surface area contributed by atoms with Crippen molar-refractivity contribution in [1.29, 1.82) is 0 Å². The quantitative estimate of drug-likeness (QED) is 0.691. The van der Waals surface area contributed by atoms with E-state index >= 15 is 0 Å². The lowest BCUT2D eigenvalue weighted by Crippen LogP contribution is -2.30. The lowest BCUT2D eigenvalue weighted by molar-refractivity contribution is -0.138. The SMILES string of the molecule is Cc1ccc(CCN(CCCC(=O)O)CCC(=O)O)cc1. The molecule has 0 aliphatic rings. The number of benzene rings is 1. The normalized spacial score (nSPS) is 10.8. The van der Waals surface area contributed by atoms with Crippen molar-refractivity contribution >= 4 is 11.9 Å². The van der Waals surface area contributed by atoms with Crippen molar-refractivity contribution in [3.63, 3.8) is 0 Å². The van der Waals surface area contributed by atoms with E-state index in [4.69, 9.17) is 10.2 Å². The van der Waals surface area contributed by atoms with E-state index in [0.29, 0.717) is 19.5 Å². The van der Waals surface area contributed by atoms with Gasteiger partial charge in [0.25, 0.3) is 0 Å². The largest absolute Gasteiger partial charge is 0.481 e. The van der Waals surface area contributed by atoms with Crippen LogP contribution in [0.2, 0.25) is 0 Å². The van der Waals surface area contributed by atoms with E-state index in [-0.39, 0.29) is 12.8 Å². The zero-order valence-corrected chi connectivity index (χ0v) is 12.4. The Balaban J connectivity index is 2.44. The Morgan fingerprint density at radius 2 is 1.57 bits per heavy atom. The molecule has 0 spiro atoms. The molecule has 0 fully saturated rings. The molecule has 0 aliphatic heterocycles. The predicted molar refractivity (Wildman–Crippen MR) is 80.4 cm³/mol. The van der Waals surface area contributed by atoms with Crippen LogP contribution in [0.25, 0.3) is 0 Å². The molecule has 0 aliphatic carbocycles. The molecule has 0 amide bonds. The summed E-state index contributed by atoms with van der Waals surface area (Å²) in [6, 6.07) is 8.26. The Labute approximate surface area is 125 Å². The van der Waals surface area contributed by atoms with Gasteiger partial charge >= 0.3 is 11.9 Å². The van der Waals surface area contributed by atoms with Crippen molar-refractivity contribution in [2.75, 3.05) is 19.6 Å². The average Bonchev–Trinajstić information content (AvgIpc) is 2.42. The highest BCUT2D eigenvalue weighted by molar-refractivity contribution is 5.67. The van der Waals surface area contributed by atoms with Crippen LogP contribution in [0.4, 0.5) is 0 Å². The average molecular weight is 293 g/mol. The van der Waals surface area contributed by atoms with Gasteiger partial charge in [-0.15, -0.1) is 0 Å². The van der Waals surface area contributed by atoms with Gasteiger partial charge < -0.3 is 15.1 Å². The van der Waals surface area contributed by atoms with Crippen LogP contribution < -0.4 is 0 Å². The van der Waals surface area contributed by atoms with Crippen LogP contribution in [0.3, 0.4) is 0 Å². The first-order valence-electron chi connectivity index (χ1n) is 7.19. The molecule has 2 N–H and O–H groups in total. The van der Waals surface area contributed by atoms with Gasteiger partial charge in [-0.05, 0) is 31.9 Å². The summed E-state index contributed by atoms with van der Waals surface area (Å²) in [5, 5.41) is 17.4. The molecule has 0 saturated carbocycles. The lowest BCUT2D eigenvalue weighted by Gasteiger charge is -2.21. The van der Waals surface area contributed by atoms with Crippen LogP contribution >= 0.6 is 0 Å². The first-order chi connectivity index (χ1) is 9.97. The second-order valence-corrected chi connectivity index (χ2v) is 5.22. The van der Waals surface area contributed by atoms with Crippen molar-refractivity contribution in [2.24, 2.45) is 0 Å². The van der Waals surface area contributed by atoms with Gasteiger partial charge in [-0.1, -0.05) is 29.8 Å². The molecule has 1 rings (SSSR count). The minimum Gasteiger partial charge on any atom is -0.481 e. The zero-order chi connectivity index (χ0) is 15.7. The Bertz CT molecular complexity index is 456. The number of hydrogen-bond acceptors (Lipinski definition) is 3. The van der Waals surface area contributed by atoms with Gasteiger partial charge in [-0.25, -0.2) is 0 Å². The summed E-state index contributed by atoms with van der Waals surface area (Å²) >= 11 is 0. The molecule has 0 atom stereocenters. The third-order valence-electron chi connectivity index (χ3n) is 3.34. The second-order valence-electron chi connectivity index (χ2n) is 5.22. The Kier molecular flexibility index (Phi) is 7.46. The van der Waals surface area contributed by atoms with Crippen molar-refractivity contribution < 1.29 is 19.8 Å². The molecule has 1 aromatic rings. The lowest BCUT2D eigenvalue weighted by atomic mass is 10.1. The van der Waals surface area contributed by atoms with Crippen LogP contribution in [-0.2, 0) is 16.0 Å². The van der Waals surface area contributed by atoms with Crippen LogP contribution in [-0.4, -0.2) is 46.7 Å². The number of carboxylic acid groups (broad SMARTS) is 2. The van der Waals surface area contributed by atoms with E-state index in [1.54, 1.807) is 0 Å². The number of aliphatic carboxylic acids is 2. The number of carboxylic acids is 2. The summed E-state index contributed by atoms with van der Waals surface area (Å²) in [5.41, 5.74) is 2.42. The van der Waals surface area contributed by atoms with Crippen molar-refractivity contribution in [3.05, 3.63) is 35.4 Å². The number of nitrogens with zero attached hydrogens (tertiary/aromatic N) is 1. The first kappa shape index (κ1) is 17.2. The summed E-state index contributed by atoms with van der Waals surface area (Å²) in [4.78, 5) is 23.2. The predicted octanol–water partition coefficient (Wildman–Crippen LogP) is 2.18. The topological polar surface area (TPSA) is 77.8 Å². The molecule has 0 bridgehead atoms. The van der Waals surface area contributed by atoms with Crippen molar-refractivity contribution in [1.82, 2.24) is 4.90 Å². The molecular weight excluding hydrogens is 270 g/mol. The molecule has 0 saturated heterocycles. The summed E-state index contributed by atoms with van der Waals surface area (Å²) < 4.78 is 0. The van der Waals surface area contributed by atoms with Gasteiger partial charge in [0.2, 0.25) is 0 Å². The van der Waals surface area contributed by atoms with Crippen LogP contribution in [0, 0.1) is 6.92 Å². The first-order valence-corrected chi connectivity index (χ1v) is 7.19. The van der Waals surface area contributed by atoms with Crippen LogP contribution in [0.15, 0.2) is 24.3 Å². The molecule has 1 aromatic carbocycles. The molecular formula is C16H23NO4. The van der Waals surface area contributed by atoms with Crippen molar-refractivity contribution in [3.8, 4) is 0 Å². The van der Waals surface area contributed by atoms with Gasteiger partial charge in [0.1, 0.15) is 0 Å². The van der Waals surface area contributed by atoms with E-state index in [1.807, 2.05) is 11.8 Å². The van der Waals surface area contributed by atoms with Crippen molar-refractivity contribution in [2.45, 2.75) is 32.6 Å². The van der Waals surface area contributed by atoms with E-state index in [9.17, 15) is 9.59 Å². The fourth-order valence-electron chi connectivity index (χ4n) is 2.09. The molecule has 0 unspecified atom stereocenters. The van der Waals surface area contributed by atoms with Gasteiger partial charge in [0.05, 0.1) is 6.42 Å². The second kappa shape index (κ2) is 9.13. The molecule has 5 heteroatoms. The Morgan fingerprint density at radius 3 is 2.14 bits per heavy atom. The maximum atomic E-state index is 10.7. The number of hydrogen-bond donors (Lipinski definition) is 2. The van der Waals surface area contributed by atoms with E-state index < -0.39 is 11.9 Å². The minimum atomic E-state index is -0.825. The monoisotopic (exact) mass is 293 g/mol. The summed E-state index contributed by atoms with van der Waals surface area (Å²) in [7, 11) is 0. The highest BCUT2D eigenvalue weighted by atomic mass is 16.4. The van der Waals surface area contributed by atoms with Gasteiger partial charge in [0.15, 0.2) is 0 Å². The smallest absolute Gasteiger partial charge is 0.304 e. The summed E-state index contributed by atoms with van der Waals surface area (Å²) in [6.45, 7) is 3.86. The fourth-order valence-corrected chi connectivity index (χ4v) is 2.09. The Morgan fingerprint density at radius 1 is 0.952 bits per heavy atom. The van der Waals surface area contributed by atoms with Crippen LogP contribution in [0.5, 0.6) is 0 Å². The molecule has 21 heavy (non-hydrogen) atoms. The standard InChI is InChI=1S/C16H23NO4/c1-13-4-6-14(7-5-13)8-11-17(12-9-16(20)21)10-2-3-15(18)19/h4-7H,2-3,8-12H2,1H3,(H,18,19)(H,20,21). The maximum Gasteiger partial charge on any atom is 0.304 e. The summed E-state index contributed by atoms with van der Waals surface area (Å²) in [6.07, 6.45) is 1.59. The number of aryl methyl sites for hydroxylation is 1. The van der Waals surface area contributed by atoms with E-state index in [1.165, 1.54) is 11.1 Å². The highest BCUT2D eigenvalue weighted by Gasteiger charge is 2.09. The number of carbonyl (C=O) groups is 2. The van der Waals surface area contributed by atoms with Gasteiger partial charge in [-0.3, -0.25) is 9.59 Å². The molecule has 0 aromatic heterocycles. The van der Waals surface area contributed by atoms with Gasteiger partial charge in [-0.2, -0.15) is 0 Å². The molecule has 116 valence electrons. The fraction of sp³-hybridized carbons (Fsp3) is 0.500. The minimum absolute atomic E-state index is 0.0843. The maximum absolute atomic E-state index is 10.7.